The van der Waals surface area contributed by atoms with E-state index < -0.39 is 11.6 Å². The summed E-state index contributed by atoms with van der Waals surface area (Å²) in [6, 6.07) is 15.6. The van der Waals surface area contributed by atoms with Crippen molar-refractivity contribution >= 4 is 5.57 Å². The Bertz CT molecular complexity index is 1400. The van der Waals surface area contributed by atoms with E-state index in [-0.39, 0.29) is 17.1 Å². The highest BCUT2D eigenvalue weighted by Crippen LogP contribution is 2.42. The van der Waals surface area contributed by atoms with E-state index in [9.17, 15) is 8.78 Å². The first-order chi connectivity index (χ1) is 20.5. The van der Waals surface area contributed by atoms with Crippen LogP contribution in [0.4, 0.5) is 13.2 Å². The fraction of sp³-hybridized carbons (Fsp3) is 0.421. The molecule has 1 atom stereocenters. The van der Waals surface area contributed by atoms with Crippen LogP contribution >= 0.6 is 0 Å². The van der Waals surface area contributed by atoms with Gasteiger partial charge in [0.15, 0.2) is 11.6 Å². The summed E-state index contributed by atoms with van der Waals surface area (Å²) in [5, 5.41) is 0. The molecule has 1 unspecified atom stereocenters. The van der Waals surface area contributed by atoms with Gasteiger partial charge in [0.1, 0.15) is 5.82 Å². The second-order valence-electron chi connectivity index (χ2n) is 12.1. The molecule has 2 aliphatic carbocycles. The zero-order valence-corrected chi connectivity index (χ0v) is 25.0. The summed E-state index contributed by atoms with van der Waals surface area (Å²) < 4.78 is 49.9. The van der Waals surface area contributed by atoms with Crippen LogP contribution in [0, 0.1) is 35.2 Å². The van der Waals surface area contributed by atoms with E-state index in [0.29, 0.717) is 24.2 Å². The van der Waals surface area contributed by atoms with Crippen LogP contribution in [0.5, 0.6) is 5.75 Å². The van der Waals surface area contributed by atoms with Crippen LogP contribution in [0.25, 0.3) is 27.8 Å². The first-order valence-corrected chi connectivity index (χ1v) is 15.8. The molecule has 1 saturated carbocycles. The molecule has 0 heterocycles. The van der Waals surface area contributed by atoms with Crippen molar-refractivity contribution in [1.82, 2.24) is 0 Å². The first-order valence-electron chi connectivity index (χ1n) is 15.8. The van der Waals surface area contributed by atoms with Crippen molar-refractivity contribution in [3.63, 3.8) is 0 Å². The van der Waals surface area contributed by atoms with Gasteiger partial charge >= 0.3 is 0 Å². The molecule has 5 rings (SSSR count). The van der Waals surface area contributed by atoms with E-state index in [4.69, 9.17) is 4.74 Å². The molecule has 2 aliphatic rings. The monoisotopic (exact) mass is 572 g/mol. The van der Waals surface area contributed by atoms with Gasteiger partial charge in [-0.2, -0.15) is 4.39 Å². The summed E-state index contributed by atoms with van der Waals surface area (Å²) in [7, 11) is 0. The lowest BCUT2D eigenvalue weighted by Gasteiger charge is -2.35. The molecular weight excluding hydrogens is 529 g/mol. The molecule has 0 spiro atoms. The van der Waals surface area contributed by atoms with Crippen LogP contribution < -0.4 is 4.74 Å². The molecule has 0 radical (unpaired) electrons. The molecule has 0 N–H and O–H groups in total. The summed E-state index contributed by atoms with van der Waals surface area (Å²) in [6.07, 6.45) is 18.5. The number of ether oxygens (including phenoxy) is 1. The molecule has 3 aromatic carbocycles. The lowest BCUT2D eigenvalue weighted by molar-refractivity contribution is 0.190. The van der Waals surface area contributed by atoms with Crippen molar-refractivity contribution in [2.75, 3.05) is 6.61 Å². The minimum Gasteiger partial charge on any atom is -0.490 e. The fourth-order valence-corrected chi connectivity index (χ4v) is 6.85. The lowest BCUT2D eigenvalue weighted by atomic mass is 9.70. The second-order valence-corrected chi connectivity index (χ2v) is 12.1. The third-order valence-corrected chi connectivity index (χ3v) is 9.34. The van der Waals surface area contributed by atoms with Gasteiger partial charge in [-0.25, -0.2) is 8.78 Å². The Morgan fingerprint density at radius 3 is 2.17 bits per heavy atom. The molecule has 1 nitrogen and oxygen atoms in total. The van der Waals surface area contributed by atoms with Gasteiger partial charge in [-0.15, -0.1) is 0 Å². The molecule has 42 heavy (non-hydrogen) atoms. The molecule has 0 aliphatic heterocycles. The number of allylic oxidation sites excluding steroid dienone is 4. The van der Waals surface area contributed by atoms with Crippen LogP contribution in [0.15, 0.2) is 72.8 Å². The van der Waals surface area contributed by atoms with E-state index in [2.05, 4.69) is 25.2 Å². The Kier molecular flexibility index (Phi) is 10.3. The summed E-state index contributed by atoms with van der Waals surface area (Å²) in [6.45, 7) is 4.34. The highest BCUT2D eigenvalue weighted by molar-refractivity contribution is 5.74. The molecule has 0 saturated heterocycles. The Morgan fingerprint density at radius 2 is 1.50 bits per heavy atom. The van der Waals surface area contributed by atoms with Crippen molar-refractivity contribution in [3.05, 3.63) is 95.8 Å². The Hall–Kier alpha value is -3.27. The van der Waals surface area contributed by atoms with Crippen molar-refractivity contribution in [3.8, 4) is 28.0 Å². The quantitative estimate of drug-likeness (QED) is 0.220. The summed E-state index contributed by atoms with van der Waals surface area (Å²) in [4.78, 5) is 0. The zero-order valence-electron chi connectivity index (χ0n) is 25.0. The Morgan fingerprint density at radius 1 is 0.786 bits per heavy atom. The number of hydrogen-bond acceptors (Lipinski definition) is 1. The SMILES string of the molecule is C/C=C/CCC1CCC(C2CC=C(c3ccc(-c4ccc(-c5ccc(OCCC)c(F)c5F)cc4)cc3F)CC2)CC1. The third-order valence-electron chi connectivity index (χ3n) is 9.34. The van der Waals surface area contributed by atoms with Gasteiger partial charge in [0.2, 0.25) is 5.82 Å². The number of benzene rings is 3. The highest BCUT2D eigenvalue weighted by atomic mass is 19.2. The van der Waals surface area contributed by atoms with Gasteiger partial charge in [-0.3, -0.25) is 0 Å². The molecule has 0 amide bonds. The second kappa shape index (κ2) is 14.3. The summed E-state index contributed by atoms with van der Waals surface area (Å²) in [5.74, 6) is 0.234. The van der Waals surface area contributed by atoms with Crippen molar-refractivity contribution in [1.29, 1.82) is 0 Å². The van der Waals surface area contributed by atoms with Gasteiger partial charge in [0.25, 0.3) is 0 Å². The van der Waals surface area contributed by atoms with Gasteiger partial charge < -0.3 is 4.74 Å². The smallest absolute Gasteiger partial charge is 0.201 e. The van der Waals surface area contributed by atoms with Crippen molar-refractivity contribution in [2.24, 2.45) is 17.8 Å². The van der Waals surface area contributed by atoms with Gasteiger partial charge in [0, 0.05) is 11.1 Å². The summed E-state index contributed by atoms with van der Waals surface area (Å²) >= 11 is 0. The zero-order chi connectivity index (χ0) is 29.5. The van der Waals surface area contributed by atoms with Crippen molar-refractivity contribution in [2.45, 2.75) is 78.1 Å². The fourth-order valence-electron chi connectivity index (χ4n) is 6.85. The number of halogens is 3. The highest BCUT2D eigenvalue weighted by Gasteiger charge is 2.29. The standard InChI is InChI=1S/C38H43F3O/c1-3-5-6-7-26-8-10-27(11-9-26)28-12-16-30(17-13-28)33-21-20-32(25-35(33)39)29-14-18-31(19-15-29)34-22-23-36(42-24-4-2)38(41)37(34)40/h3,5,14-16,18-23,25-28H,4,6-13,17,24H2,1-2H3/b5-3+. The molecule has 3 aromatic rings. The molecule has 0 aromatic heterocycles. The van der Waals surface area contributed by atoms with Gasteiger partial charge in [-0.1, -0.05) is 74.4 Å². The Balaban J connectivity index is 1.21. The van der Waals surface area contributed by atoms with Gasteiger partial charge in [0.05, 0.1) is 6.61 Å². The minimum atomic E-state index is -0.978. The molecule has 1 fully saturated rings. The molecule has 222 valence electrons. The topological polar surface area (TPSA) is 9.23 Å². The summed E-state index contributed by atoms with van der Waals surface area (Å²) in [5.41, 5.74) is 4.13. The maximum atomic E-state index is 15.4. The molecular formula is C38H43F3O. The average Bonchev–Trinajstić information content (AvgIpc) is 3.02. The van der Waals surface area contributed by atoms with E-state index in [1.54, 1.807) is 18.2 Å². The van der Waals surface area contributed by atoms with E-state index in [1.807, 2.05) is 31.2 Å². The number of hydrogen-bond donors (Lipinski definition) is 0. The van der Waals surface area contributed by atoms with Gasteiger partial charge in [-0.05, 0) is 117 Å². The van der Waals surface area contributed by atoms with E-state index >= 15 is 4.39 Å². The van der Waals surface area contributed by atoms with E-state index in [0.717, 1.165) is 53.7 Å². The van der Waals surface area contributed by atoms with Crippen LogP contribution in [0.2, 0.25) is 0 Å². The van der Waals surface area contributed by atoms with Crippen molar-refractivity contribution < 1.29 is 17.9 Å². The predicted molar refractivity (Wildman–Crippen MR) is 168 cm³/mol. The average molecular weight is 573 g/mol. The van der Waals surface area contributed by atoms with Crippen LogP contribution in [0.3, 0.4) is 0 Å². The Labute approximate surface area is 249 Å². The maximum Gasteiger partial charge on any atom is 0.201 e. The normalized spacial score (nSPS) is 21.0. The third kappa shape index (κ3) is 7.02. The largest absolute Gasteiger partial charge is 0.490 e. The molecule has 4 heteroatoms. The van der Waals surface area contributed by atoms with Crippen LogP contribution in [0.1, 0.15) is 83.6 Å². The lowest BCUT2D eigenvalue weighted by Crippen LogP contribution is -2.23. The van der Waals surface area contributed by atoms with Crippen LogP contribution in [-0.2, 0) is 0 Å². The molecule has 0 bridgehead atoms. The number of rotatable bonds is 10. The minimum absolute atomic E-state index is 0.0766. The van der Waals surface area contributed by atoms with Crippen LogP contribution in [-0.4, -0.2) is 6.61 Å². The maximum absolute atomic E-state index is 15.4. The predicted octanol–water partition coefficient (Wildman–Crippen LogP) is 11.6. The first kappa shape index (κ1) is 30.2. The van der Waals surface area contributed by atoms with E-state index in [1.165, 1.54) is 50.7 Å².